The molecule has 0 aliphatic rings. The molecule has 5 heteroatoms. The molecular formula is C19H15FN2OS. The first kappa shape index (κ1) is 14.9. The maximum Gasteiger partial charge on any atom is 0.132 e. The number of rotatable bonds is 4. The molecule has 0 bridgehead atoms. The molecule has 0 aliphatic carbocycles. The summed E-state index contributed by atoms with van der Waals surface area (Å²) >= 11 is 1.57. The number of ether oxygens (including phenoxy) is 1. The second-order valence-electron chi connectivity index (χ2n) is 5.58. The van der Waals surface area contributed by atoms with Crippen molar-refractivity contribution in [2.75, 3.05) is 0 Å². The second-order valence-corrected chi connectivity index (χ2v) is 6.47. The van der Waals surface area contributed by atoms with Gasteiger partial charge in [-0.3, -0.25) is 4.57 Å². The Kier molecular flexibility index (Phi) is 3.78. The highest BCUT2D eigenvalue weighted by Gasteiger charge is 2.09. The van der Waals surface area contributed by atoms with Crippen LogP contribution < -0.4 is 4.74 Å². The van der Waals surface area contributed by atoms with E-state index in [0.717, 1.165) is 16.3 Å². The van der Waals surface area contributed by atoms with Crippen molar-refractivity contribution >= 4 is 22.4 Å². The normalized spacial score (nSPS) is 11.1. The van der Waals surface area contributed by atoms with E-state index >= 15 is 0 Å². The van der Waals surface area contributed by atoms with Gasteiger partial charge < -0.3 is 4.74 Å². The Hall–Kier alpha value is -2.66. The Bertz CT molecular complexity index is 1010. The molecule has 0 saturated heterocycles. The molecule has 3 nitrogen and oxygen atoms in total. The van der Waals surface area contributed by atoms with Crippen LogP contribution in [0.1, 0.15) is 11.1 Å². The minimum absolute atomic E-state index is 0.277. The number of benzene rings is 2. The van der Waals surface area contributed by atoms with E-state index in [0.29, 0.717) is 12.1 Å². The Balaban J connectivity index is 1.57. The Morgan fingerprint density at radius 2 is 2.04 bits per heavy atom. The lowest BCUT2D eigenvalue weighted by Crippen LogP contribution is -1.96. The molecule has 2 heterocycles. The van der Waals surface area contributed by atoms with Crippen molar-refractivity contribution in [3.05, 3.63) is 77.2 Å². The summed E-state index contributed by atoms with van der Waals surface area (Å²) in [5.41, 5.74) is 3.92. The van der Waals surface area contributed by atoms with Crippen LogP contribution in [-0.2, 0) is 6.61 Å². The highest BCUT2D eigenvalue weighted by molar-refractivity contribution is 7.12. The summed E-state index contributed by atoms with van der Waals surface area (Å²) in [5, 5.41) is 2.96. The molecule has 0 aliphatic heterocycles. The predicted molar refractivity (Wildman–Crippen MR) is 94.4 cm³/mol. The summed E-state index contributed by atoms with van der Waals surface area (Å²) in [6.45, 7) is 2.62. The zero-order chi connectivity index (χ0) is 16.5. The molecule has 4 rings (SSSR count). The Labute approximate surface area is 143 Å². The number of aryl methyl sites for hydroxylation is 1. The van der Waals surface area contributed by atoms with E-state index in [1.54, 1.807) is 23.7 Å². The lowest BCUT2D eigenvalue weighted by atomic mass is 10.1. The quantitative estimate of drug-likeness (QED) is 0.517. The van der Waals surface area contributed by atoms with Crippen molar-refractivity contribution in [3.8, 4) is 10.8 Å². The van der Waals surface area contributed by atoms with Crippen LogP contribution in [-0.4, -0.2) is 9.55 Å². The molecule has 0 spiro atoms. The number of thiophene rings is 1. The standard InChI is InChI=1S/C19H15FN2OS/c1-13-4-2-3-5-14(13)10-23-16-9-19(24-11-16)22-12-21-17-8-15(20)6-7-18(17)22/h2-9,11-12H,10H2,1H3. The molecule has 0 amide bonds. The summed E-state index contributed by atoms with van der Waals surface area (Å²) in [7, 11) is 0. The second kappa shape index (κ2) is 6.09. The lowest BCUT2D eigenvalue weighted by Gasteiger charge is -2.06. The molecule has 0 N–H and O–H groups in total. The fourth-order valence-electron chi connectivity index (χ4n) is 2.60. The average molecular weight is 338 g/mol. The molecule has 0 radical (unpaired) electrons. The van der Waals surface area contributed by atoms with Crippen LogP contribution in [0.5, 0.6) is 5.75 Å². The van der Waals surface area contributed by atoms with Gasteiger partial charge in [0.25, 0.3) is 0 Å². The van der Waals surface area contributed by atoms with Crippen LogP contribution in [0.3, 0.4) is 0 Å². The van der Waals surface area contributed by atoms with Gasteiger partial charge in [0, 0.05) is 17.5 Å². The fraction of sp³-hybridized carbons (Fsp3) is 0.105. The van der Waals surface area contributed by atoms with E-state index < -0.39 is 0 Å². The van der Waals surface area contributed by atoms with E-state index in [1.165, 1.54) is 23.3 Å². The highest BCUT2D eigenvalue weighted by atomic mass is 32.1. The van der Waals surface area contributed by atoms with Crippen molar-refractivity contribution in [2.45, 2.75) is 13.5 Å². The van der Waals surface area contributed by atoms with Gasteiger partial charge in [0.05, 0.1) is 11.0 Å². The fourth-order valence-corrected chi connectivity index (χ4v) is 3.42. The summed E-state index contributed by atoms with van der Waals surface area (Å²) in [4.78, 5) is 4.26. The lowest BCUT2D eigenvalue weighted by molar-refractivity contribution is 0.307. The number of aromatic nitrogens is 2. The minimum atomic E-state index is -0.277. The third kappa shape index (κ3) is 2.78. The Morgan fingerprint density at radius 1 is 1.17 bits per heavy atom. The largest absolute Gasteiger partial charge is 0.488 e. The molecule has 0 fully saturated rings. The summed E-state index contributed by atoms with van der Waals surface area (Å²) < 4.78 is 21.1. The molecule has 0 unspecified atom stereocenters. The van der Waals surface area contributed by atoms with Gasteiger partial charge in [0.1, 0.15) is 29.5 Å². The first-order valence-corrected chi connectivity index (χ1v) is 8.47. The van der Waals surface area contributed by atoms with Crippen LogP contribution in [0.2, 0.25) is 0 Å². The molecular weight excluding hydrogens is 323 g/mol. The van der Waals surface area contributed by atoms with Crippen molar-refractivity contribution in [1.82, 2.24) is 9.55 Å². The van der Waals surface area contributed by atoms with Crippen LogP contribution in [0, 0.1) is 12.7 Å². The SMILES string of the molecule is Cc1ccccc1COc1csc(-n2cnc3cc(F)ccc32)c1. The number of halogens is 1. The molecule has 2 aromatic heterocycles. The number of hydrogen-bond acceptors (Lipinski definition) is 3. The van der Waals surface area contributed by atoms with E-state index in [2.05, 4.69) is 24.0 Å². The first-order valence-electron chi connectivity index (χ1n) is 7.59. The summed E-state index contributed by atoms with van der Waals surface area (Å²) in [6, 6.07) is 14.8. The van der Waals surface area contributed by atoms with Gasteiger partial charge in [-0.25, -0.2) is 9.37 Å². The number of fused-ring (bicyclic) bond motifs is 1. The third-order valence-electron chi connectivity index (χ3n) is 3.96. The van der Waals surface area contributed by atoms with Gasteiger partial charge in [-0.2, -0.15) is 0 Å². The van der Waals surface area contributed by atoms with Crippen molar-refractivity contribution in [2.24, 2.45) is 0 Å². The molecule has 4 aromatic rings. The average Bonchev–Trinajstić information content (AvgIpc) is 3.20. The number of hydrogen-bond donors (Lipinski definition) is 0. The van der Waals surface area contributed by atoms with Crippen LogP contribution in [0.25, 0.3) is 16.0 Å². The minimum Gasteiger partial charge on any atom is -0.488 e. The summed E-state index contributed by atoms with van der Waals surface area (Å²) in [5.74, 6) is 0.545. The molecule has 120 valence electrons. The maximum absolute atomic E-state index is 13.3. The van der Waals surface area contributed by atoms with Gasteiger partial charge in [0.15, 0.2) is 0 Å². The zero-order valence-electron chi connectivity index (χ0n) is 13.1. The van der Waals surface area contributed by atoms with E-state index in [1.807, 2.05) is 28.1 Å². The smallest absolute Gasteiger partial charge is 0.132 e. The van der Waals surface area contributed by atoms with Gasteiger partial charge >= 0.3 is 0 Å². The number of nitrogens with zero attached hydrogens (tertiary/aromatic N) is 2. The first-order chi connectivity index (χ1) is 11.7. The summed E-state index contributed by atoms with van der Waals surface area (Å²) in [6.07, 6.45) is 1.71. The molecule has 0 saturated carbocycles. The Morgan fingerprint density at radius 3 is 2.92 bits per heavy atom. The van der Waals surface area contributed by atoms with Crippen LogP contribution in [0.15, 0.2) is 60.2 Å². The molecule has 24 heavy (non-hydrogen) atoms. The van der Waals surface area contributed by atoms with Crippen molar-refractivity contribution < 1.29 is 9.13 Å². The van der Waals surface area contributed by atoms with Gasteiger partial charge in [-0.15, -0.1) is 11.3 Å². The predicted octanol–water partition coefficient (Wildman–Crippen LogP) is 5.11. The van der Waals surface area contributed by atoms with Crippen LogP contribution in [0.4, 0.5) is 4.39 Å². The zero-order valence-corrected chi connectivity index (χ0v) is 13.9. The highest BCUT2D eigenvalue weighted by Crippen LogP contribution is 2.29. The van der Waals surface area contributed by atoms with Crippen molar-refractivity contribution in [1.29, 1.82) is 0 Å². The van der Waals surface area contributed by atoms with E-state index in [4.69, 9.17) is 4.74 Å². The number of imidazole rings is 1. The van der Waals surface area contributed by atoms with E-state index in [9.17, 15) is 4.39 Å². The van der Waals surface area contributed by atoms with Crippen molar-refractivity contribution in [3.63, 3.8) is 0 Å². The van der Waals surface area contributed by atoms with Crippen LogP contribution >= 0.6 is 11.3 Å². The third-order valence-corrected chi connectivity index (χ3v) is 4.87. The maximum atomic E-state index is 13.3. The van der Waals surface area contributed by atoms with Gasteiger partial charge in [-0.1, -0.05) is 24.3 Å². The molecule has 2 aromatic carbocycles. The molecule has 0 atom stereocenters. The topological polar surface area (TPSA) is 27.1 Å². The monoisotopic (exact) mass is 338 g/mol. The van der Waals surface area contributed by atoms with Gasteiger partial charge in [-0.05, 0) is 30.2 Å². The van der Waals surface area contributed by atoms with E-state index in [-0.39, 0.29) is 5.82 Å². The van der Waals surface area contributed by atoms with Gasteiger partial charge in [0.2, 0.25) is 0 Å².